The molecule has 0 radical (unpaired) electrons. The number of ether oxygens (including phenoxy) is 1. The molecule has 0 amide bonds. The number of rotatable bonds is 3. The first-order valence-electron chi connectivity index (χ1n) is 5.26. The lowest BCUT2D eigenvalue weighted by Gasteiger charge is -2.23. The Kier molecular flexibility index (Phi) is 3.83. The molecule has 3 unspecified atom stereocenters. The second-order valence-corrected chi connectivity index (χ2v) is 5.60. The second kappa shape index (κ2) is 4.95. The Labute approximate surface area is 103 Å². The molecule has 15 heavy (non-hydrogen) atoms. The van der Waals surface area contributed by atoms with E-state index < -0.39 is 0 Å². The Morgan fingerprint density at radius 3 is 2.80 bits per heavy atom. The van der Waals surface area contributed by atoms with Gasteiger partial charge in [0.15, 0.2) is 0 Å². The largest absolute Gasteiger partial charge is 0.373 e. The van der Waals surface area contributed by atoms with Crippen molar-refractivity contribution in [2.75, 3.05) is 7.05 Å². The van der Waals surface area contributed by atoms with Crippen LogP contribution in [0.4, 0.5) is 0 Å². The van der Waals surface area contributed by atoms with Gasteiger partial charge in [-0.2, -0.15) is 11.3 Å². The minimum Gasteiger partial charge on any atom is -0.373 e. The summed E-state index contributed by atoms with van der Waals surface area (Å²) >= 11 is 5.31. The zero-order valence-electron chi connectivity index (χ0n) is 9.00. The number of hydrogen-bond acceptors (Lipinski definition) is 3. The van der Waals surface area contributed by atoms with Gasteiger partial charge in [-0.3, -0.25) is 0 Å². The van der Waals surface area contributed by atoms with Gasteiger partial charge in [0.25, 0.3) is 0 Å². The zero-order chi connectivity index (χ0) is 10.8. The van der Waals surface area contributed by atoms with Crippen LogP contribution in [0.3, 0.4) is 0 Å². The van der Waals surface area contributed by atoms with Crippen LogP contribution in [-0.4, -0.2) is 19.3 Å². The summed E-state index contributed by atoms with van der Waals surface area (Å²) in [6.07, 6.45) is 3.04. The van der Waals surface area contributed by atoms with E-state index >= 15 is 0 Å². The van der Waals surface area contributed by atoms with Crippen molar-refractivity contribution in [2.24, 2.45) is 0 Å². The first-order chi connectivity index (χ1) is 7.22. The summed E-state index contributed by atoms with van der Waals surface area (Å²) in [5, 5.41) is 7.67. The van der Waals surface area contributed by atoms with Crippen molar-refractivity contribution in [3.05, 3.63) is 20.8 Å². The Hall–Kier alpha value is 0.1000. The summed E-state index contributed by atoms with van der Waals surface area (Å²) in [7, 11) is 2.00. The quantitative estimate of drug-likeness (QED) is 0.922. The molecule has 2 nitrogen and oxygen atoms in total. The lowest BCUT2D eigenvalue weighted by Crippen LogP contribution is -2.29. The van der Waals surface area contributed by atoms with E-state index in [1.54, 1.807) is 11.3 Å². The lowest BCUT2D eigenvalue weighted by molar-refractivity contribution is 0.0333. The predicted molar refractivity (Wildman–Crippen MR) is 67.4 cm³/mol. The van der Waals surface area contributed by atoms with Crippen LogP contribution in [0, 0.1) is 0 Å². The third-order valence-electron chi connectivity index (χ3n) is 2.92. The molecule has 1 aliphatic heterocycles. The summed E-state index contributed by atoms with van der Waals surface area (Å²) in [5.41, 5.74) is 1.32. The molecule has 4 heteroatoms. The SMILES string of the molecule is CNC(c1cscc1Br)C1CCC(C)O1. The summed E-state index contributed by atoms with van der Waals surface area (Å²) in [6.45, 7) is 2.15. The molecule has 0 saturated carbocycles. The van der Waals surface area contributed by atoms with Crippen LogP contribution in [0.2, 0.25) is 0 Å². The van der Waals surface area contributed by atoms with Crippen molar-refractivity contribution < 1.29 is 4.74 Å². The van der Waals surface area contributed by atoms with Crippen molar-refractivity contribution in [1.29, 1.82) is 0 Å². The van der Waals surface area contributed by atoms with Gasteiger partial charge in [-0.05, 0) is 53.7 Å². The van der Waals surface area contributed by atoms with E-state index in [2.05, 4.69) is 38.9 Å². The fourth-order valence-electron chi connectivity index (χ4n) is 2.13. The molecule has 1 saturated heterocycles. The Morgan fingerprint density at radius 2 is 2.33 bits per heavy atom. The molecule has 0 spiro atoms. The molecule has 1 aromatic heterocycles. The molecule has 1 N–H and O–H groups in total. The maximum Gasteiger partial charge on any atom is 0.0774 e. The highest BCUT2D eigenvalue weighted by atomic mass is 79.9. The Bertz CT molecular complexity index is 328. The van der Waals surface area contributed by atoms with Crippen LogP contribution in [0.5, 0.6) is 0 Å². The van der Waals surface area contributed by atoms with E-state index in [1.165, 1.54) is 16.5 Å². The molecular weight excluding hydrogens is 274 g/mol. The van der Waals surface area contributed by atoms with Crippen LogP contribution in [0.15, 0.2) is 15.2 Å². The summed E-state index contributed by atoms with van der Waals surface area (Å²) < 4.78 is 7.10. The van der Waals surface area contributed by atoms with Gasteiger partial charge in [0, 0.05) is 9.85 Å². The Morgan fingerprint density at radius 1 is 1.53 bits per heavy atom. The molecule has 0 aromatic carbocycles. The zero-order valence-corrected chi connectivity index (χ0v) is 11.4. The van der Waals surface area contributed by atoms with Gasteiger partial charge in [0.2, 0.25) is 0 Å². The number of nitrogens with one attached hydrogen (secondary N) is 1. The minimum atomic E-state index is 0.315. The van der Waals surface area contributed by atoms with Crippen LogP contribution in [0.25, 0.3) is 0 Å². The minimum absolute atomic E-state index is 0.315. The van der Waals surface area contributed by atoms with Crippen molar-refractivity contribution in [3.63, 3.8) is 0 Å². The molecule has 1 fully saturated rings. The van der Waals surface area contributed by atoms with Gasteiger partial charge in [-0.1, -0.05) is 0 Å². The van der Waals surface area contributed by atoms with E-state index in [1.807, 2.05) is 7.05 Å². The lowest BCUT2D eigenvalue weighted by atomic mass is 10.0. The third kappa shape index (κ3) is 2.44. The maximum atomic E-state index is 5.91. The highest BCUT2D eigenvalue weighted by molar-refractivity contribution is 9.10. The molecule has 1 aromatic rings. The molecule has 84 valence electrons. The molecule has 3 atom stereocenters. The number of likely N-dealkylation sites (N-methyl/N-ethyl adjacent to an activating group) is 1. The van der Waals surface area contributed by atoms with Gasteiger partial charge in [-0.25, -0.2) is 0 Å². The van der Waals surface area contributed by atoms with E-state index in [-0.39, 0.29) is 0 Å². The number of halogens is 1. The standard InChI is InChI=1S/C11H16BrNOS/c1-7-3-4-10(14-7)11(13-2)8-5-15-6-9(8)12/h5-7,10-11,13H,3-4H2,1-2H3. The topological polar surface area (TPSA) is 21.3 Å². The van der Waals surface area contributed by atoms with E-state index in [4.69, 9.17) is 4.74 Å². The first kappa shape index (κ1) is 11.6. The van der Waals surface area contributed by atoms with Crippen LogP contribution < -0.4 is 5.32 Å². The summed E-state index contributed by atoms with van der Waals surface area (Å²) in [6, 6.07) is 0.315. The van der Waals surface area contributed by atoms with Crippen molar-refractivity contribution >= 4 is 27.3 Å². The van der Waals surface area contributed by atoms with Crippen LogP contribution in [-0.2, 0) is 4.74 Å². The number of thiophene rings is 1. The average Bonchev–Trinajstić information content (AvgIpc) is 2.79. The molecule has 0 aliphatic carbocycles. The van der Waals surface area contributed by atoms with E-state index in [9.17, 15) is 0 Å². The normalized spacial score (nSPS) is 28.2. The monoisotopic (exact) mass is 289 g/mol. The third-order valence-corrected chi connectivity index (χ3v) is 4.68. The predicted octanol–water partition coefficient (Wildman–Crippen LogP) is 3.34. The van der Waals surface area contributed by atoms with Crippen molar-refractivity contribution in [2.45, 2.75) is 38.0 Å². The molecule has 2 heterocycles. The van der Waals surface area contributed by atoms with Crippen LogP contribution >= 0.6 is 27.3 Å². The van der Waals surface area contributed by atoms with E-state index in [0.717, 1.165) is 6.42 Å². The molecule has 0 bridgehead atoms. The number of hydrogen-bond donors (Lipinski definition) is 1. The first-order valence-corrected chi connectivity index (χ1v) is 7.00. The second-order valence-electron chi connectivity index (χ2n) is 4.00. The average molecular weight is 290 g/mol. The fraction of sp³-hybridized carbons (Fsp3) is 0.636. The maximum absolute atomic E-state index is 5.91. The van der Waals surface area contributed by atoms with Gasteiger partial charge in [0.05, 0.1) is 18.2 Å². The van der Waals surface area contributed by atoms with Crippen LogP contribution in [0.1, 0.15) is 31.4 Å². The van der Waals surface area contributed by atoms with Gasteiger partial charge in [-0.15, -0.1) is 0 Å². The molecule has 1 aliphatic rings. The van der Waals surface area contributed by atoms with Gasteiger partial charge in [0.1, 0.15) is 0 Å². The van der Waals surface area contributed by atoms with E-state index in [0.29, 0.717) is 18.2 Å². The molecular formula is C11H16BrNOS. The van der Waals surface area contributed by atoms with Gasteiger partial charge < -0.3 is 10.1 Å². The fourth-order valence-corrected chi connectivity index (χ4v) is 3.71. The molecule has 2 rings (SSSR count). The smallest absolute Gasteiger partial charge is 0.0774 e. The van der Waals surface area contributed by atoms with Gasteiger partial charge >= 0.3 is 0 Å². The summed E-state index contributed by atoms with van der Waals surface area (Å²) in [5.74, 6) is 0. The highest BCUT2D eigenvalue weighted by Gasteiger charge is 2.30. The highest BCUT2D eigenvalue weighted by Crippen LogP contribution is 2.35. The van der Waals surface area contributed by atoms with Crippen molar-refractivity contribution in [1.82, 2.24) is 5.32 Å². The Balaban J connectivity index is 2.14. The van der Waals surface area contributed by atoms with Crippen molar-refractivity contribution in [3.8, 4) is 0 Å². The summed E-state index contributed by atoms with van der Waals surface area (Å²) in [4.78, 5) is 0.